The predicted molar refractivity (Wildman–Crippen MR) is 57.9 cm³/mol. The van der Waals surface area contributed by atoms with Gasteiger partial charge in [0.2, 0.25) is 0 Å². The lowest BCUT2D eigenvalue weighted by molar-refractivity contribution is 0.145. The van der Waals surface area contributed by atoms with Crippen molar-refractivity contribution >= 4 is 15.9 Å². The molecule has 1 saturated heterocycles. The van der Waals surface area contributed by atoms with E-state index in [-0.39, 0.29) is 0 Å². The molecule has 0 aliphatic carbocycles. The molecule has 1 fully saturated rings. The lowest BCUT2D eigenvalue weighted by Crippen LogP contribution is -2.40. The van der Waals surface area contributed by atoms with Gasteiger partial charge in [-0.15, -0.1) is 0 Å². The molecule has 0 unspecified atom stereocenters. The van der Waals surface area contributed by atoms with Gasteiger partial charge in [-0.2, -0.15) is 0 Å². The highest BCUT2D eigenvalue weighted by Crippen LogP contribution is 2.20. The Labute approximate surface area is 84.6 Å². The van der Waals surface area contributed by atoms with Crippen LogP contribution >= 0.6 is 15.9 Å². The predicted octanol–water partition coefficient (Wildman–Crippen LogP) is 3.04. The standard InChI is InChI=1S/C10H20BrN/c1-2-8-12-9-4-3-5-10(12)6-7-11/h10H,2-9H2,1H3/t10-/m1/s1. The highest BCUT2D eigenvalue weighted by Gasteiger charge is 2.20. The molecule has 1 nitrogen and oxygen atoms in total. The fraction of sp³-hybridized carbons (Fsp3) is 1.00. The quantitative estimate of drug-likeness (QED) is 0.676. The first-order valence-corrected chi connectivity index (χ1v) is 6.30. The van der Waals surface area contributed by atoms with Crippen molar-refractivity contribution in [3.05, 3.63) is 0 Å². The van der Waals surface area contributed by atoms with Gasteiger partial charge in [0.1, 0.15) is 0 Å². The molecule has 12 heavy (non-hydrogen) atoms. The monoisotopic (exact) mass is 233 g/mol. The van der Waals surface area contributed by atoms with E-state index in [1.165, 1.54) is 45.2 Å². The maximum Gasteiger partial charge on any atom is 0.0103 e. The summed E-state index contributed by atoms with van der Waals surface area (Å²) in [6.45, 7) is 4.92. The highest BCUT2D eigenvalue weighted by molar-refractivity contribution is 9.09. The van der Waals surface area contributed by atoms with Crippen molar-refractivity contribution in [2.45, 2.75) is 45.1 Å². The van der Waals surface area contributed by atoms with Crippen molar-refractivity contribution in [2.24, 2.45) is 0 Å². The fourth-order valence-electron chi connectivity index (χ4n) is 2.09. The van der Waals surface area contributed by atoms with Crippen LogP contribution in [0.2, 0.25) is 0 Å². The second-order valence-electron chi connectivity index (χ2n) is 3.66. The van der Waals surface area contributed by atoms with Crippen LogP contribution in [-0.4, -0.2) is 29.4 Å². The zero-order valence-corrected chi connectivity index (χ0v) is 9.65. The number of likely N-dealkylation sites (tertiary alicyclic amines) is 1. The topological polar surface area (TPSA) is 3.24 Å². The van der Waals surface area contributed by atoms with Gasteiger partial charge >= 0.3 is 0 Å². The summed E-state index contributed by atoms with van der Waals surface area (Å²) >= 11 is 3.54. The van der Waals surface area contributed by atoms with Crippen LogP contribution in [-0.2, 0) is 0 Å². The molecule has 1 atom stereocenters. The van der Waals surface area contributed by atoms with Gasteiger partial charge in [-0.1, -0.05) is 29.3 Å². The molecule has 0 amide bonds. The van der Waals surface area contributed by atoms with Crippen molar-refractivity contribution in [1.29, 1.82) is 0 Å². The summed E-state index contributed by atoms with van der Waals surface area (Å²) in [5.74, 6) is 0. The van der Waals surface area contributed by atoms with Gasteiger partial charge in [-0.3, -0.25) is 0 Å². The van der Waals surface area contributed by atoms with E-state index in [0.717, 1.165) is 11.4 Å². The van der Waals surface area contributed by atoms with Gasteiger partial charge < -0.3 is 4.90 Å². The molecular weight excluding hydrogens is 214 g/mol. The summed E-state index contributed by atoms with van der Waals surface area (Å²) in [5.41, 5.74) is 0. The minimum absolute atomic E-state index is 0.873. The summed E-state index contributed by atoms with van der Waals surface area (Å²) in [4.78, 5) is 2.67. The molecule has 1 aliphatic heterocycles. The summed E-state index contributed by atoms with van der Waals surface area (Å²) in [7, 11) is 0. The van der Waals surface area contributed by atoms with Gasteiger partial charge in [0.15, 0.2) is 0 Å². The Morgan fingerprint density at radius 1 is 1.42 bits per heavy atom. The van der Waals surface area contributed by atoms with E-state index in [9.17, 15) is 0 Å². The van der Waals surface area contributed by atoms with E-state index in [2.05, 4.69) is 27.8 Å². The third-order valence-corrected chi connectivity index (χ3v) is 3.16. The highest BCUT2D eigenvalue weighted by atomic mass is 79.9. The lowest BCUT2D eigenvalue weighted by atomic mass is 10.00. The Morgan fingerprint density at radius 3 is 2.92 bits per heavy atom. The number of alkyl halides is 1. The van der Waals surface area contributed by atoms with Crippen molar-refractivity contribution < 1.29 is 0 Å². The molecule has 0 radical (unpaired) electrons. The van der Waals surface area contributed by atoms with Crippen LogP contribution in [0.4, 0.5) is 0 Å². The first-order valence-electron chi connectivity index (χ1n) is 5.18. The second-order valence-corrected chi connectivity index (χ2v) is 4.46. The van der Waals surface area contributed by atoms with Crippen molar-refractivity contribution in [2.75, 3.05) is 18.4 Å². The molecule has 2 heteroatoms. The summed E-state index contributed by atoms with van der Waals surface area (Å²) < 4.78 is 0. The SMILES string of the molecule is CCCN1CCCC[C@@H]1CCBr. The van der Waals surface area contributed by atoms with E-state index >= 15 is 0 Å². The second kappa shape index (κ2) is 5.98. The van der Waals surface area contributed by atoms with Crippen LogP contribution in [0.1, 0.15) is 39.0 Å². The third kappa shape index (κ3) is 3.06. The molecule has 0 aromatic rings. The molecular formula is C10H20BrN. The van der Waals surface area contributed by atoms with Crippen LogP contribution in [0.3, 0.4) is 0 Å². The Balaban J connectivity index is 2.31. The molecule has 0 spiro atoms. The number of nitrogens with zero attached hydrogens (tertiary/aromatic N) is 1. The minimum atomic E-state index is 0.873. The van der Waals surface area contributed by atoms with E-state index in [1.807, 2.05) is 0 Å². The molecule has 1 rings (SSSR count). The number of rotatable bonds is 4. The van der Waals surface area contributed by atoms with Gasteiger partial charge in [-0.25, -0.2) is 0 Å². The van der Waals surface area contributed by atoms with E-state index in [1.54, 1.807) is 0 Å². The van der Waals surface area contributed by atoms with Crippen molar-refractivity contribution in [3.8, 4) is 0 Å². The van der Waals surface area contributed by atoms with Crippen molar-refractivity contribution in [1.82, 2.24) is 4.90 Å². The maximum absolute atomic E-state index is 3.54. The average molecular weight is 234 g/mol. The lowest BCUT2D eigenvalue weighted by Gasteiger charge is -2.35. The summed E-state index contributed by atoms with van der Waals surface area (Å²) in [6, 6.07) is 0.873. The van der Waals surface area contributed by atoms with E-state index < -0.39 is 0 Å². The first-order chi connectivity index (χ1) is 5.88. The molecule has 0 aromatic carbocycles. The van der Waals surface area contributed by atoms with Gasteiger partial charge in [-0.05, 0) is 38.8 Å². The number of hydrogen-bond acceptors (Lipinski definition) is 1. The molecule has 1 heterocycles. The number of piperidine rings is 1. The molecule has 0 aromatic heterocycles. The Bertz CT molecular complexity index is 98.4. The Kier molecular flexibility index (Phi) is 5.24. The smallest absolute Gasteiger partial charge is 0.0103 e. The first kappa shape index (κ1) is 10.5. The largest absolute Gasteiger partial charge is 0.300 e. The van der Waals surface area contributed by atoms with Crippen LogP contribution < -0.4 is 0 Å². The fourth-order valence-corrected chi connectivity index (χ4v) is 2.62. The van der Waals surface area contributed by atoms with Crippen LogP contribution in [0, 0.1) is 0 Å². The number of halogens is 1. The summed E-state index contributed by atoms with van der Waals surface area (Å²) in [6.07, 6.45) is 6.92. The zero-order valence-electron chi connectivity index (χ0n) is 8.06. The summed E-state index contributed by atoms with van der Waals surface area (Å²) in [5, 5.41) is 1.16. The molecule has 0 N–H and O–H groups in total. The van der Waals surface area contributed by atoms with E-state index in [0.29, 0.717) is 0 Å². The molecule has 0 bridgehead atoms. The van der Waals surface area contributed by atoms with E-state index in [4.69, 9.17) is 0 Å². The third-order valence-electron chi connectivity index (χ3n) is 2.70. The average Bonchev–Trinajstić information content (AvgIpc) is 2.09. The molecule has 0 saturated carbocycles. The van der Waals surface area contributed by atoms with Crippen LogP contribution in [0.15, 0.2) is 0 Å². The Hall–Kier alpha value is 0.440. The maximum atomic E-state index is 3.54. The normalized spacial score (nSPS) is 26.0. The molecule has 72 valence electrons. The van der Waals surface area contributed by atoms with Gasteiger partial charge in [0.25, 0.3) is 0 Å². The number of hydrogen-bond donors (Lipinski definition) is 0. The van der Waals surface area contributed by atoms with Crippen molar-refractivity contribution in [3.63, 3.8) is 0 Å². The molecule has 1 aliphatic rings. The Morgan fingerprint density at radius 2 is 2.25 bits per heavy atom. The van der Waals surface area contributed by atoms with Crippen LogP contribution in [0.25, 0.3) is 0 Å². The van der Waals surface area contributed by atoms with Gasteiger partial charge in [0.05, 0.1) is 0 Å². The van der Waals surface area contributed by atoms with Gasteiger partial charge in [0, 0.05) is 11.4 Å². The minimum Gasteiger partial charge on any atom is -0.300 e. The van der Waals surface area contributed by atoms with Crippen LogP contribution in [0.5, 0.6) is 0 Å². The zero-order chi connectivity index (χ0) is 8.81.